The van der Waals surface area contributed by atoms with Crippen molar-refractivity contribution in [1.82, 2.24) is 14.7 Å². The average molecular weight is 295 g/mol. The van der Waals surface area contributed by atoms with Crippen molar-refractivity contribution in [3.8, 4) is 0 Å². The van der Waals surface area contributed by atoms with Gasteiger partial charge in [-0.2, -0.15) is 0 Å². The predicted octanol–water partition coefficient (Wildman–Crippen LogP) is 0.929. The highest BCUT2D eigenvalue weighted by atomic mass is 16.4. The number of urea groups is 1. The molecule has 3 rings (SSSR count). The molecule has 21 heavy (non-hydrogen) atoms. The molecule has 1 N–H and O–H groups in total. The highest BCUT2D eigenvalue weighted by Gasteiger charge is 2.40. The minimum Gasteiger partial charge on any atom is -0.481 e. The van der Waals surface area contributed by atoms with E-state index in [2.05, 4.69) is 4.90 Å². The monoisotopic (exact) mass is 295 g/mol. The molecule has 0 aliphatic carbocycles. The molecule has 3 aliphatic heterocycles. The van der Waals surface area contributed by atoms with E-state index in [9.17, 15) is 9.59 Å². The molecule has 0 aromatic carbocycles. The normalized spacial score (nSPS) is 28.7. The number of rotatable bonds is 2. The van der Waals surface area contributed by atoms with Gasteiger partial charge < -0.3 is 14.9 Å². The smallest absolute Gasteiger partial charge is 0.320 e. The average Bonchev–Trinajstić information content (AvgIpc) is 2.73. The molecule has 0 bridgehead atoms. The van der Waals surface area contributed by atoms with Crippen LogP contribution in [0.5, 0.6) is 0 Å². The summed E-state index contributed by atoms with van der Waals surface area (Å²) in [7, 11) is 0. The van der Waals surface area contributed by atoms with E-state index < -0.39 is 5.97 Å². The molecule has 0 radical (unpaired) electrons. The van der Waals surface area contributed by atoms with Crippen LogP contribution in [0.2, 0.25) is 0 Å². The Morgan fingerprint density at radius 2 is 1.76 bits per heavy atom. The molecule has 3 heterocycles. The molecule has 0 saturated carbocycles. The van der Waals surface area contributed by atoms with E-state index in [1.54, 1.807) is 6.92 Å². The highest BCUT2D eigenvalue weighted by Crippen LogP contribution is 2.27. The first-order valence-corrected chi connectivity index (χ1v) is 8.07. The summed E-state index contributed by atoms with van der Waals surface area (Å²) in [6.45, 7) is 6.88. The number of amides is 2. The molecule has 3 aliphatic rings. The second-order valence-corrected chi connectivity index (χ2v) is 6.71. The molecule has 2 atom stereocenters. The Kier molecular flexibility index (Phi) is 4.06. The summed E-state index contributed by atoms with van der Waals surface area (Å²) in [5, 5.41) is 9.01. The lowest BCUT2D eigenvalue weighted by molar-refractivity contribution is -0.144. The summed E-state index contributed by atoms with van der Waals surface area (Å²) in [4.78, 5) is 29.8. The first-order chi connectivity index (χ1) is 10.1. The van der Waals surface area contributed by atoms with Crippen molar-refractivity contribution in [1.29, 1.82) is 0 Å². The summed E-state index contributed by atoms with van der Waals surface area (Å²) in [5.74, 6) is -1.01. The van der Waals surface area contributed by atoms with Crippen molar-refractivity contribution in [3.63, 3.8) is 0 Å². The number of likely N-dealkylation sites (tertiary alicyclic amines) is 1. The Morgan fingerprint density at radius 3 is 2.48 bits per heavy atom. The molecule has 118 valence electrons. The Hall–Kier alpha value is -1.30. The fraction of sp³-hybridized carbons (Fsp3) is 0.867. The zero-order chi connectivity index (χ0) is 15.0. The molecule has 6 nitrogen and oxygen atoms in total. The van der Waals surface area contributed by atoms with Gasteiger partial charge in [0.1, 0.15) is 0 Å². The second-order valence-electron chi connectivity index (χ2n) is 6.71. The van der Waals surface area contributed by atoms with Gasteiger partial charge >= 0.3 is 12.0 Å². The molecular formula is C15H25N3O3. The Labute approximate surface area is 125 Å². The van der Waals surface area contributed by atoms with E-state index in [4.69, 9.17) is 5.11 Å². The number of fused-ring (bicyclic) bond motifs is 1. The molecule has 2 unspecified atom stereocenters. The summed E-state index contributed by atoms with van der Waals surface area (Å²) in [5.41, 5.74) is 0. The van der Waals surface area contributed by atoms with Crippen molar-refractivity contribution >= 4 is 12.0 Å². The number of carbonyl (C=O) groups excluding carboxylic acids is 1. The van der Waals surface area contributed by atoms with Crippen molar-refractivity contribution < 1.29 is 14.7 Å². The quantitative estimate of drug-likeness (QED) is 0.823. The van der Waals surface area contributed by atoms with Crippen LogP contribution >= 0.6 is 0 Å². The topological polar surface area (TPSA) is 64.1 Å². The fourth-order valence-corrected chi connectivity index (χ4v) is 3.77. The van der Waals surface area contributed by atoms with Crippen molar-refractivity contribution in [2.75, 3.05) is 39.3 Å². The van der Waals surface area contributed by atoms with E-state index in [1.807, 2.05) is 9.80 Å². The Morgan fingerprint density at radius 1 is 1.05 bits per heavy atom. The second kappa shape index (κ2) is 5.83. The summed E-state index contributed by atoms with van der Waals surface area (Å²) in [6.07, 6.45) is 3.49. The van der Waals surface area contributed by atoms with E-state index in [0.29, 0.717) is 19.1 Å². The zero-order valence-corrected chi connectivity index (χ0v) is 12.7. The molecule has 3 fully saturated rings. The van der Waals surface area contributed by atoms with E-state index >= 15 is 0 Å². The third-order valence-corrected chi connectivity index (χ3v) is 5.35. The minimum absolute atomic E-state index is 0.109. The van der Waals surface area contributed by atoms with Gasteiger partial charge in [0, 0.05) is 44.7 Å². The minimum atomic E-state index is -0.761. The fourth-order valence-electron chi connectivity index (χ4n) is 3.77. The molecule has 6 heteroatoms. The number of hydrogen-bond acceptors (Lipinski definition) is 3. The molecule has 0 aromatic heterocycles. The number of carboxylic acid groups (broad SMARTS) is 1. The maximum atomic E-state index is 12.5. The van der Waals surface area contributed by atoms with Crippen LogP contribution in [0.1, 0.15) is 26.2 Å². The van der Waals surface area contributed by atoms with Crippen LogP contribution in [0.3, 0.4) is 0 Å². The van der Waals surface area contributed by atoms with Crippen molar-refractivity contribution in [3.05, 3.63) is 0 Å². The summed E-state index contributed by atoms with van der Waals surface area (Å²) >= 11 is 0. The number of aliphatic carboxylic acids is 1. The zero-order valence-electron chi connectivity index (χ0n) is 12.7. The number of hydrogen-bond donors (Lipinski definition) is 1. The van der Waals surface area contributed by atoms with Crippen LogP contribution in [0.25, 0.3) is 0 Å². The third kappa shape index (κ3) is 2.86. The first kappa shape index (κ1) is 14.6. The standard InChI is InChI=1S/C15H25N3O3/c1-11(14(19)20)12-8-18(9-12)15(21)17-7-3-6-16-5-2-4-13(16)10-17/h11-13H,2-10H2,1H3,(H,19,20). The lowest BCUT2D eigenvalue weighted by Gasteiger charge is -2.43. The summed E-state index contributed by atoms with van der Waals surface area (Å²) < 4.78 is 0. The molecule has 0 aromatic rings. The van der Waals surface area contributed by atoms with Crippen LogP contribution in [0.4, 0.5) is 4.79 Å². The first-order valence-electron chi connectivity index (χ1n) is 8.07. The van der Waals surface area contributed by atoms with Crippen molar-refractivity contribution in [2.24, 2.45) is 11.8 Å². The predicted molar refractivity (Wildman–Crippen MR) is 78.0 cm³/mol. The van der Waals surface area contributed by atoms with Crippen LogP contribution in [0, 0.1) is 11.8 Å². The van der Waals surface area contributed by atoms with Gasteiger partial charge in [-0.1, -0.05) is 6.92 Å². The summed E-state index contributed by atoms with van der Waals surface area (Å²) in [6, 6.07) is 0.643. The van der Waals surface area contributed by atoms with Crippen LogP contribution in [-0.4, -0.2) is 77.1 Å². The van der Waals surface area contributed by atoms with Crippen molar-refractivity contribution in [2.45, 2.75) is 32.2 Å². The largest absolute Gasteiger partial charge is 0.481 e. The Balaban J connectivity index is 1.53. The molecule has 3 saturated heterocycles. The highest BCUT2D eigenvalue weighted by molar-refractivity contribution is 5.76. The van der Waals surface area contributed by atoms with E-state index in [0.717, 1.165) is 26.1 Å². The van der Waals surface area contributed by atoms with Gasteiger partial charge in [0.15, 0.2) is 0 Å². The van der Waals surface area contributed by atoms with Gasteiger partial charge in [0.25, 0.3) is 0 Å². The molecule has 0 spiro atoms. The van der Waals surface area contributed by atoms with E-state index in [1.165, 1.54) is 19.4 Å². The van der Waals surface area contributed by atoms with Gasteiger partial charge in [0.05, 0.1) is 5.92 Å². The maximum Gasteiger partial charge on any atom is 0.320 e. The van der Waals surface area contributed by atoms with E-state index in [-0.39, 0.29) is 17.9 Å². The van der Waals surface area contributed by atoms with Gasteiger partial charge in [-0.25, -0.2) is 4.79 Å². The lowest BCUT2D eigenvalue weighted by Crippen LogP contribution is -2.58. The number of nitrogens with zero attached hydrogens (tertiary/aromatic N) is 3. The third-order valence-electron chi connectivity index (χ3n) is 5.35. The van der Waals surface area contributed by atoms with Gasteiger partial charge in [0.2, 0.25) is 0 Å². The maximum absolute atomic E-state index is 12.5. The van der Waals surface area contributed by atoms with Gasteiger partial charge in [-0.05, 0) is 25.8 Å². The lowest BCUT2D eigenvalue weighted by atomic mass is 9.87. The number of carboxylic acids is 1. The number of carbonyl (C=O) groups is 2. The van der Waals surface area contributed by atoms with Gasteiger partial charge in [-0.15, -0.1) is 0 Å². The van der Waals surface area contributed by atoms with Crippen LogP contribution < -0.4 is 0 Å². The molecular weight excluding hydrogens is 270 g/mol. The van der Waals surface area contributed by atoms with Crippen LogP contribution in [0.15, 0.2) is 0 Å². The Bertz CT molecular complexity index is 422. The molecule has 2 amide bonds. The van der Waals surface area contributed by atoms with Gasteiger partial charge in [-0.3, -0.25) is 9.69 Å². The SMILES string of the molecule is CC(C(=O)O)C1CN(C(=O)N2CCCN3CCCC3C2)C1. The van der Waals surface area contributed by atoms with Crippen LogP contribution in [-0.2, 0) is 4.79 Å².